The Morgan fingerprint density at radius 1 is 0.569 bits per heavy atom. The summed E-state index contributed by atoms with van der Waals surface area (Å²) in [5.74, 6) is -0.776. The molecule has 10 nitrogen and oxygen atoms in total. The molecule has 0 spiro atoms. The van der Waals surface area contributed by atoms with Crippen molar-refractivity contribution in [3.8, 4) is 68.0 Å². The monoisotopic (exact) mass is 794 g/mol. The molecule has 0 bridgehead atoms. The Labute approximate surface area is 323 Å². The fourth-order valence-corrected chi connectivity index (χ4v) is 6.73. The molecule has 0 atom stereocenters. The van der Waals surface area contributed by atoms with Crippen molar-refractivity contribution < 1.29 is 45.7 Å². The first-order valence-electron chi connectivity index (χ1n) is 17.2. The number of nitrogens with one attached hydrogen (secondary N) is 1. The number of nitro benzene ring substituents is 2. The number of aromatic amines is 1. The van der Waals surface area contributed by atoms with Crippen molar-refractivity contribution in [1.82, 2.24) is 9.97 Å². The van der Waals surface area contributed by atoms with Crippen LogP contribution >= 0.6 is 0 Å². The molecular formula is C42H24F6N4O6. The fourth-order valence-electron chi connectivity index (χ4n) is 6.73. The van der Waals surface area contributed by atoms with Crippen molar-refractivity contribution in [3.63, 3.8) is 0 Å². The van der Waals surface area contributed by atoms with Gasteiger partial charge in [0.15, 0.2) is 0 Å². The van der Waals surface area contributed by atoms with Crippen LogP contribution in [0.4, 0.5) is 37.7 Å². The van der Waals surface area contributed by atoms with Gasteiger partial charge in [-0.2, -0.15) is 26.3 Å². The number of ether oxygens (including phenoxy) is 2. The third kappa shape index (κ3) is 7.30. The molecule has 0 amide bonds. The van der Waals surface area contributed by atoms with E-state index in [4.69, 9.17) is 14.5 Å². The Morgan fingerprint density at radius 3 is 1.60 bits per heavy atom. The molecule has 58 heavy (non-hydrogen) atoms. The van der Waals surface area contributed by atoms with E-state index in [1.807, 2.05) is 30.3 Å². The molecule has 0 saturated heterocycles. The maximum Gasteiger partial charge on any atom is 0.420 e. The van der Waals surface area contributed by atoms with E-state index in [0.717, 1.165) is 52.9 Å². The molecule has 290 valence electrons. The lowest BCUT2D eigenvalue weighted by Crippen LogP contribution is -2.08. The van der Waals surface area contributed by atoms with Crippen LogP contribution in [0.5, 0.6) is 23.0 Å². The van der Waals surface area contributed by atoms with Crippen molar-refractivity contribution in [2.45, 2.75) is 18.8 Å². The predicted octanol–water partition coefficient (Wildman–Crippen LogP) is 12.4. The highest BCUT2D eigenvalue weighted by Gasteiger charge is 2.37. The van der Waals surface area contributed by atoms with Crippen LogP contribution in [0.15, 0.2) is 127 Å². The molecule has 7 aromatic rings. The summed E-state index contributed by atoms with van der Waals surface area (Å²) in [6, 6.07) is 30.4. The van der Waals surface area contributed by atoms with Crippen LogP contribution < -0.4 is 9.47 Å². The van der Waals surface area contributed by atoms with E-state index >= 15 is 0 Å². The summed E-state index contributed by atoms with van der Waals surface area (Å²) in [4.78, 5) is 28.7. The molecule has 1 aliphatic rings. The number of H-pyrrole nitrogens is 1. The third-order valence-electron chi connectivity index (χ3n) is 9.46. The van der Waals surface area contributed by atoms with Crippen LogP contribution in [0.2, 0.25) is 0 Å². The molecule has 1 heterocycles. The molecule has 0 saturated carbocycles. The van der Waals surface area contributed by atoms with Gasteiger partial charge in [-0.25, -0.2) is 4.98 Å². The van der Waals surface area contributed by atoms with Crippen molar-refractivity contribution in [3.05, 3.63) is 170 Å². The average Bonchev–Trinajstić information content (AvgIpc) is 3.80. The number of rotatable bonds is 9. The number of aromatic nitrogens is 2. The van der Waals surface area contributed by atoms with Crippen LogP contribution in [-0.2, 0) is 18.8 Å². The van der Waals surface area contributed by atoms with Gasteiger partial charge in [-0.15, -0.1) is 0 Å². The first-order valence-corrected chi connectivity index (χ1v) is 17.2. The molecule has 6 aromatic carbocycles. The number of non-ortho nitro benzene ring substituents is 2. The van der Waals surface area contributed by atoms with Crippen LogP contribution in [0.1, 0.15) is 22.3 Å². The molecule has 8 rings (SSSR count). The normalized spacial score (nSPS) is 12.2. The minimum absolute atomic E-state index is 0.00423. The van der Waals surface area contributed by atoms with Crippen molar-refractivity contribution in [2.75, 3.05) is 0 Å². The van der Waals surface area contributed by atoms with Crippen molar-refractivity contribution in [2.24, 2.45) is 0 Å². The van der Waals surface area contributed by atoms with E-state index in [0.29, 0.717) is 40.5 Å². The lowest BCUT2D eigenvalue weighted by molar-refractivity contribution is -0.385. The topological polar surface area (TPSA) is 133 Å². The molecule has 1 aliphatic carbocycles. The second-order valence-corrected chi connectivity index (χ2v) is 13.1. The van der Waals surface area contributed by atoms with Gasteiger partial charge in [-0.3, -0.25) is 20.2 Å². The van der Waals surface area contributed by atoms with Gasteiger partial charge in [0.05, 0.1) is 21.2 Å². The highest BCUT2D eigenvalue weighted by atomic mass is 19.4. The zero-order chi connectivity index (χ0) is 40.9. The molecular weight excluding hydrogens is 770 g/mol. The van der Waals surface area contributed by atoms with E-state index in [9.17, 15) is 46.6 Å². The molecule has 0 aliphatic heterocycles. The average molecular weight is 795 g/mol. The number of imidazole rings is 1. The van der Waals surface area contributed by atoms with Crippen LogP contribution in [0.25, 0.3) is 45.0 Å². The number of nitrogens with zero attached hydrogens (tertiary/aromatic N) is 3. The Bertz CT molecular complexity index is 2610. The number of halogens is 6. The molecule has 1 N–H and O–H groups in total. The van der Waals surface area contributed by atoms with E-state index in [-0.39, 0.29) is 11.5 Å². The van der Waals surface area contributed by atoms with E-state index in [1.165, 1.54) is 29.8 Å². The highest BCUT2D eigenvalue weighted by molar-refractivity contribution is 5.84. The molecule has 0 fully saturated rings. The summed E-state index contributed by atoms with van der Waals surface area (Å²) < 4.78 is 94.0. The first kappa shape index (κ1) is 37.4. The molecule has 16 heteroatoms. The number of nitro groups is 2. The lowest BCUT2D eigenvalue weighted by Gasteiger charge is -2.14. The Kier molecular flexibility index (Phi) is 9.18. The van der Waals surface area contributed by atoms with Gasteiger partial charge in [0, 0.05) is 41.0 Å². The second-order valence-electron chi connectivity index (χ2n) is 13.1. The van der Waals surface area contributed by atoms with E-state index in [1.54, 1.807) is 24.3 Å². The van der Waals surface area contributed by atoms with Crippen LogP contribution in [0.3, 0.4) is 0 Å². The predicted molar refractivity (Wildman–Crippen MR) is 199 cm³/mol. The van der Waals surface area contributed by atoms with E-state index in [2.05, 4.69) is 17.1 Å². The summed E-state index contributed by atoms with van der Waals surface area (Å²) in [6.45, 7) is 0. The smallest absolute Gasteiger partial charge is 0.420 e. The van der Waals surface area contributed by atoms with Gasteiger partial charge >= 0.3 is 12.4 Å². The van der Waals surface area contributed by atoms with Gasteiger partial charge in [-0.05, 0) is 95.4 Å². The number of hydrogen-bond acceptors (Lipinski definition) is 7. The van der Waals surface area contributed by atoms with Gasteiger partial charge in [0.2, 0.25) is 0 Å². The quantitative estimate of drug-likeness (QED) is 0.0873. The fraction of sp³-hybridized carbons (Fsp3) is 0.0714. The second kappa shape index (κ2) is 14.2. The van der Waals surface area contributed by atoms with Crippen molar-refractivity contribution in [1.29, 1.82) is 0 Å². The third-order valence-corrected chi connectivity index (χ3v) is 9.46. The molecule has 1 aromatic heterocycles. The molecule has 0 radical (unpaired) electrons. The maximum atomic E-state index is 13.8. The summed E-state index contributed by atoms with van der Waals surface area (Å²) in [7, 11) is 0. The van der Waals surface area contributed by atoms with Crippen LogP contribution in [-0.4, -0.2) is 19.8 Å². The van der Waals surface area contributed by atoms with Gasteiger partial charge in [0.25, 0.3) is 11.4 Å². The maximum absolute atomic E-state index is 13.8. The van der Waals surface area contributed by atoms with E-state index < -0.39 is 56.2 Å². The Morgan fingerprint density at radius 2 is 1.07 bits per heavy atom. The largest absolute Gasteiger partial charge is 0.457 e. The summed E-state index contributed by atoms with van der Waals surface area (Å²) in [5.41, 5.74) is 3.09. The van der Waals surface area contributed by atoms with Gasteiger partial charge in [0.1, 0.15) is 39.9 Å². The summed E-state index contributed by atoms with van der Waals surface area (Å²) in [6.07, 6.45) is -9.16. The number of alkyl halides is 6. The highest BCUT2D eigenvalue weighted by Crippen LogP contribution is 2.44. The minimum Gasteiger partial charge on any atom is -0.457 e. The van der Waals surface area contributed by atoms with Crippen molar-refractivity contribution >= 4 is 11.4 Å². The SMILES string of the molecule is O=[N+]([O-])c1ccc(Oc2ccc(-c3nc(-c4ccc5c(c4)Cc4ccccc4-5)[nH]c3-c3ccc(Oc4ccc([N+](=O)[O-])cc4C(F)(F)F)cc3)cc2)c(C(F)(F)F)c1. The number of fused-ring (bicyclic) bond motifs is 3. The minimum atomic E-state index is -4.94. The van der Waals surface area contributed by atoms with Crippen LogP contribution in [0, 0.1) is 20.2 Å². The van der Waals surface area contributed by atoms with Gasteiger partial charge < -0.3 is 14.5 Å². The summed E-state index contributed by atoms with van der Waals surface area (Å²) in [5, 5.41) is 22.3. The number of hydrogen-bond donors (Lipinski definition) is 1. The first-order chi connectivity index (χ1) is 27.6. The molecule has 0 unspecified atom stereocenters. The lowest BCUT2D eigenvalue weighted by atomic mass is 10.0. The zero-order valence-corrected chi connectivity index (χ0v) is 29.4. The Hall–Kier alpha value is -7.49. The number of benzene rings is 6. The zero-order valence-electron chi connectivity index (χ0n) is 29.4. The Balaban J connectivity index is 1.14. The summed E-state index contributed by atoms with van der Waals surface area (Å²) >= 11 is 0. The van der Waals surface area contributed by atoms with Gasteiger partial charge in [-0.1, -0.05) is 36.4 Å². The standard InChI is InChI=1S/C42H24F6N4O6/c43-41(44,45)34-21-28(51(53)54)10-17-36(34)57-30-12-5-23(6-13-30)38-39(50-40(49-38)26-9-16-33-27(20-26)19-25-3-1-2-4-32(25)33)24-7-14-31(15-8-24)58-37-18-11-29(52(55)56)22-35(37)42(46,47)48/h1-18,20-22H,19H2,(H,49,50).